The molecule has 8 heteroatoms. The van der Waals surface area contributed by atoms with Crippen LogP contribution >= 0.6 is 0 Å². The first kappa shape index (κ1) is 21.8. The highest BCUT2D eigenvalue weighted by atomic mass is 16.6. The zero-order valence-electron chi connectivity index (χ0n) is 17.5. The molecule has 2 aromatic carbocycles. The van der Waals surface area contributed by atoms with Crippen LogP contribution < -0.4 is 10.2 Å². The Bertz CT molecular complexity index is 1120. The van der Waals surface area contributed by atoms with Crippen LogP contribution in [0, 0.1) is 17.0 Å². The molecule has 3 aromatic rings. The molecule has 160 valence electrons. The van der Waals surface area contributed by atoms with E-state index in [4.69, 9.17) is 9.15 Å². The number of ether oxygens (including phenoxy) is 1. The van der Waals surface area contributed by atoms with Crippen LogP contribution in [0.5, 0.6) is 5.75 Å². The molecule has 0 unspecified atom stereocenters. The first-order valence-electron chi connectivity index (χ1n) is 9.74. The van der Waals surface area contributed by atoms with E-state index in [-0.39, 0.29) is 18.2 Å². The summed E-state index contributed by atoms with van der Waals surface area (Å²) < 4.78 is 11.3. The highest BCUT2D eigenvalue weighted by Gasteiger charge is 2.17. The molecule has 0 saturated heterocycles. The first-order valence-corrected chi connectivity index (χ1v) is 9.74. The van der Waals surface area contributed by atoms with Crippen molar-refractivity contribution in [3.8, 4) is 17.1 Å². The maximum Gasteiger partial charge on any atom is 0.280 e. The summed E-state index contributed by atoms with van der Waals surface area (Å²) in [6.45, 7) is 5.90. The van der Waals surface area contributed by atoms with E-state index in [0.717, 1.165) is 11.1 Å². The molecular formula is C23H23N3O5. The highest BCUT2D eigenvalue weighted by Crippen LogP contribution is 2.30. The standard InChI is InChI=1S/C23H23N3O5/c1-15(2)18-10-8-16(3)12-22(18)30-14-23(27)25-24-13-17-9-11-21(31-17)19-6-4-5-7-20(19)26(28)29/h4-13,15H,14H2,1-3H3,(H,25,27). The van der Waals surface area contributed by atoms with Gasteiger partial charge < -0.3 is 9.15 Å². The van der Waals surface area contributed by atoms with Gasteiger partial charge in [-0.15, -0.1) is 0 Å². The summed E-state index contributed by atoms with van der Waals surface area (Å²) in [6, 6.07) is 15.4. The topological polar surface area (TPSA) is 107 Å². The monoisotopic (exact) mass is 421 g/mol. The number of carbonyl (C=O) groups is 1. The summed E-state index contributed by atoms with van der Waals surface area (Å²) in [5.41, 5.74) is 4.77. The number of furan rings is 1. The average Bonchev–Trinajstić information content (AvgIpc) is 3.21. The Morgan fingerprint density at radius 2 is 2.00 bits per heavy atom. The number of aryl methyl sites for hydroxylation is 1. The van der Waals surface area contributed by atoms with Crippen LogP contribution in [0.25, 0.3) is 11.3 Å². The Morgan fingerprint density at radius 3 is 2.74 bits per heavy atom. The molecule has 0 aliphatic carbocycles. The molecule has 0 aliphatic rings. The number of nitrogens with zero attached hydrogens (tertiary/aromatic N) is 2. The number of amides is 1. The molecule has 0 atom stereocenters. The van der Waals surface area contributed by atoms with Crippen molar-refractivity contribution in [2.24, 2.45) is 5.10 Å². The van der Waals surface area contributed by atoms with Gasteiger partial charge in [0.1, 0.15) is 17.3 Å². The van der Waals surface area contributed by atoms with Crippen molar-refractivity contribution in [2.45, 2.75) is 26.7 Å². The average molecular weight is 421 g/mol. The second-order valence-corrected chi connectivity index (χ2v) is 7.25. The van der Waals surface area contributed by atoms with Crippen LogP contribution in [-0.4, -0.2) is 23.7 Å². The van der Waals surface area contributed by atoms with Gasteiger partial charge in [-0.05, 0) is 48.2 Å². The van der Waals surface area contributed by atoms with Crippen molar-refractivity contribution < 1.29 is 18.9 Å². The van der Waals surface area contributed by atoms with Crippen LogP contribution in [-0.2, 0) is 4.79 Å². The Kier molecular flexibility index (Phi) is 6.81. The Balaban J connectivity index is 1.59. The van der Waals surface area contributed by atoms with E-state index >= 15 is 0 Å². The van der Waals surface area contributed by atoms with Crippen molar-refractivity contribution in [3.05, 3.63) is 81.6 Å². The number of hydrazone groups is 1. The second kappa shape index (κ2) is 9.71. The number of para-hydroxylation sites is 1. The highest BCUT2D eigenvalue weighted by molar-refractivity contribution is 5.82. The van der Waals surface area contributed by atoms with Gasteiger partial charge >= 0.3 is 0 Å². The molecule has 31 heavy (non-hydrogen) atoms. The minimum Gasteiger partial charge on any atom is -0.483 e. The van der Waals surface area contributed by atoms with Crippen molar-refractivity contribution in [2.75, 3.05) is 6.61 Å². The lowest BCUT2D eigenvalue weighted by atomic mass is 10.0. The lowest BCUT2D eigenvalue weighted by molar-refractivity contribution is -0.384. The third-order valence-electron chi connectivity index (χ3n) is 4.52. The molecule has 0 fully saturated rings. The first-order chi connectivity index (χ1) is 14.8. The van der Waals surface area contributed by atoms with Crippen LogP contribution in [0.3, 0.4) is 0 Å². The normalized spacial score (nSPS) is 11.1. The van der Waals surface area contributed by atoms with Gasteiger partial charge in [-0.2, -0.15) is 5.10 Å². The summed E-state index contributed by atoms with van der Waals surface area (Å²) >= 11 is 0. The van der Waals surface area contributed by atoms with Gasteiger partial charge in [-0.25, -0.2) is 5.43 Å². The summed E-state index contributed by atoms with van der Waals surface area (Å²) in [7, 11) is 0. The van der Waals surface area contributed by atoms with Gasteiger partial charge in [0.15, 0.2) is 6.61 Å². The molecule has 1 N–H and O–H groups in total. The number of hydrogen-bond donors (Lipinski definition) is 1. The predicted molar refractivity (Wildman–Crippen MR) is 117 cm³/mol. The van der Waals surface area contributed by atoms with Gasteiger partial charge in [0, 0.05) is 6.07 Å². The number of hydrogen-bond acceptors (Lipinski definition) is 6. The van der Waals surface area contributed by atoms with Gasteiger partial charge in [0.2, 0.25) is 0 Å². The third kappa shape index (κ3) is 5.57. The zero-order valence-corrected chi connectivity index (χ0v) is 17.5. The molecule has 0 bridgehead atoms. The molecule has 8 nitrogen and oxygen atoms in total. The fourth-order valence-corrected chi connectivity index (χ4v) is 3.00. The molecule has 3 rings (SSSR count). The molecule has 1 heterocycles. The van der Waals surface area contributed by atoms with E-state index in [1.807, 2.05) is 25.1 Å². The van der Waals surface area contributed by atoms with Crippen molar-refractivity contribution >= 4 is 17.8 Å². The lowest BCUT2D eigenvalue weighted by Crippen LogP contribution is -2.24. The van der Waals surface area contributed by atoms with Crippen molar-refractivity contribution in [3.63, 3.8) is 0 Å². The van der Waals surface area contributed by atoms with E-state index in [1.165, 1.54) is 12.3 Å². The number of nitro groups is 1. The maximum absolute atomic E-state index is 12.1. The van der Waals surface area contributed by atoms with E-state index < -0.39 is 10.8 Å². The van der Waals surface area contributed by atoms with Crippen LogP contribution in [0.1, 0.15) is 36.7 Å². The van der Waals surface area contributed by atoms with Gasteiger partial charge in [0.25, 0.3) is 11.6 Å². The molecule has 0 saturated carbocycles. The minimum atomic E-state index is -0.467. The van der Waals surface area contributed by atoms with E-state index in [2.05, 4.69) is 24.4 Å². The van der Waals surface area contributed by atoms with Gasteiger partial charge in [-0.3, -0.25) is 14.9 Å². The van der Waals surface area contributed by atoms with Gasteiger partial charge in [-0.1, -0.05) is 38.1 Å². The van der Waals surface area contributed by atoms with Crippen molar-refractivity contribution in [1.82, 2.24) is 5.43 Å². The molecule has 1 aromatic heterocycles. The predicted octanol–water partition coefficient (Wildman–Crippen LogP) is 4.82. The second-order valence-electron chi connectivity index (χ2n) is 7.25. The Hall–Kier alpha value is -3.94. The summed E-state index contributed by atoms with van der Waals surface area (Å²) in [6.07, 6.45) is 1.32. The van der Waals surface area contributed by atoms with E-state index in [9.17, 15) is 14.9 Å². The van der Waals surface area contributed by atoms with Crippen molar-refractivity contribution in [1.29, 1.82) is 0 Å². The minimum absolute atomic E-state index is 0.0531. The number of carbonyl (C=O) groups excluding carboxylic acids is 1. The smallest absolute Gasteiger partial charge is 0.280 e. The number of nitrogens with one attached hydrogen (secondary N) is 1. The molecular weight excluding hydrogens is 398 g/mol. The fourth-order valence-electron chi connectivity index (χ4n) is 3.00. The largest absolute Gasteiger partial charge is 0.483 e. The SMILES string of the molecule is Cc1ccc(C(C)C)c(OCC(=O)NN=Cc2ccc(-c3ccccc3[N+](=O)[O-])o2)c1. The quantitative estimate of drug-likeness (QED) is 0.319. The van der Waals surface area contributed by atoms with E-state index in [1.54, 1.807) is 30.3 Å². The zero-order chi connectivity index (χ0) is 22.4. The lowest BCUT2D eigenvalue weighted by Gasteiger charge is -2.14. The summed E-state index contributed by atoms with van der Waals surface area (Å²) in [5.74, 6) is 1.21. The molecule has 0 radical (unpaired) electrons. The van der Waals surface area contributed by atoms with Crippen LogP contribution in [0.15, 0.2) is 64.1 Å². The molecule has 1 amide bonds. The summed E-state index contributed by atoms with van der Waals surface area (Å²) in [4.78, 5) is 22.8. The Labute approximate surface area is 179 Å². The Morgan fingerprint density at radius 1 is 1.23 bits per heavy atom. The summed E-state index contributed by atoms with van der Waals surface area (Å²) in [5, 5.41) is 15.0. The third-order valence-corrected chi connectivity index (χ3v) is 4.52. The molecule has 0 spiro atoms. The number of nitro benzene ring substituents is 1. The van der Waals surface area contributed by atoms with Gasteiger partial charge in [0.05, 0.1) is 16.7 Å². The number of benzene rings is 2. The maximum atomic E-state index is 12.1. The van der Waals surface area contributed by atoms with E-state index in [0.29, 0.717) is 22.8 Å². The fraction of sp³-hybridized carbons (Fsp3) is 0.217. The van der Waals surface area contributed by atoms with Crippen LogP contribution in [0.2, 0.25) is 0 Å². The van der Waals surface area contributed by atoms with Crippen LogP contribution in [0.4, 0.5) is 5.69 Å². The molecule has 0 aliphatic heterocycles. The number of rotatable bonds is 8.